The van der Waals surface area contributed by atoms with Crippen LogP contribution in [0.2, 0.25) is 0 Å². The van der Waals surface area contributed by atoms with Crippen LogP contribution < -0.4 is 15.2 Å². The van der Waals surface area contributed by atoms with Gasteiger partial charge in [-0.2, -0.15) is 0 Å². The van der Waals surface area contributed by atoms with Crippen LogP contribution in [0.25, 0.3) is 0 Å². The van der Waals surface area contributed by atoms with Gasteiger partial charge in [0.2, 0.25) is 5.79 Å². The summed E-state index contributed by atoms with van der Waals surface area (Å²) in [6.07, 6.45) is 0. The summed E-state index contributed by atoms with van der Waals surface area (Å²) in [5.41, 5.74) is 6.57. The molecular formula is C10H14ClNO2. The van der Waals surface area contributed by atoms with Crippen LogP contribution in [0.15, 0.2) is 18.2 Å². The zero-order valence-electron chi connectivity index (χ0n) is 8.24. The zero-order chi connectivity index (χ0) is 9.47. The fourth-order valence-corrected chi connectivity index (χ4v) is 1.39. The second kappa shape index (κ2) is 3.67. The Bertz CT molecular complexity index is 339. The molecule has 0 bridgehead atoms. The van der Waals surface area contributed by atoms with Crippen molar-refractivity contribution in [3.05, 3.63) is 23.8 Å². The van der Waals surface area contributed by atoms with Gasteiger partial charge in [-0.15, -0.1) is 12.4 Å². The average Bonchev–Trinajstić information content (AvgIpc) is 2.36. The van der Waals surface area contributed by atoms with Crippen LogP contribution in [0, 0.1) is 0 Å². The van der Waals surface area contributed by atoms with Crippen LogP contribution in [0.5, 0.6) is 11.5 Å². The highest BCUT2D eigenvalue weighted by Crippen LogP contribution is 2.39. The number of ether oxygens (including phenoxy) is 2. The molecule has 0 aromatic heterocycles. The first kappa shape index (κ1) is 11.1. The molecule has 1 aromatic carbocycles. The van der Waals surface area contributed by atoms with Gasteiger partial charge in [0.1, 0.15) is 0 Å². The average molecular weight is 216 g/mol. The molecule has 1 aliphatic heterocycles. The van der Waals surface area contributed by atoms with E-state index in [0.717, 1.165) is 17.1 Å². The Morgan fingerprint density at radius 3 is 2.50 bits per heavy atom. The molecule has 14 heavy (non-hydrogen) atoms. The summed E-state index contributed by atoms with van der Waals surface area (Å²) < 4.78 is 11.1. The molecule has 0 unspecified atom stereocenters. The Hall–Kier alpha value is -0.930. The van der Waals surface area contributed by atoms with E-state index < -0.39 is 5.79 Å². The molecule has 3 nitrogen and oxygen atoms in total. The molecule has 1 heterocycles. The molecule has 0 radical (unpaired) electrons. The number of hydrogen-bond donors (Lipinski definition) is 1. The van der Waals surface area contributed by atoms with Crippen LogP contribution in [-0.4, -0.2) is 5.79 Å². The maximum absolute atomic E-state index is 5.56. The van der Waals surface area contributed by atoms with Crippen molar-refractivity contribution in [3.63, 3.8) is 0 Å². The lowest BCUT2D eigenvalue weighted by Gasteiger charge is -2.16. The van der Waals surface area contributed by atoms with Crippen LogP contribution in [0.1, 0.15) is 19.4 Å². The minimum atomic E-state index is -0.546. The predicted octanol–water partition coefficient (Wildman–Crippen LogP) is 2.07. The molecule has 78 valence electrons. The van der Waals surface area contributed by atoms with Crippen molar-refractivity contribution in [1.82, 2.24) is 0 Å². The van der Waals surface area contributed by atoms with Crippen molar-refractivity contribution >= 4 is 12.4 Å². The molecule has 0 amide bonds. The van der Waals surface area contributed by atoms with E-state index in [2.05, 4.69) is 0 Å². The lowest BCUT2D eigenvalue weighted by molar-refractivity contribution is -0.0431. The van der Waals surface area contributed by atoms with Gasteiger partial charge < -0.3 is 15.2 Å². The molecule has 0 saturated heterocycles. The Balaban J connectivity index is 0.000000980. The summed E-state index contributed by atoms with van der Waals surface area (Å²) in [5, 5.41) is 0. The molecule has 4 heteroatoms. The minimum Gasteiger partial charge on any atom is -0.449 e. The van der Waals surface area contributed by atoms with Gasteiger partial charge in [-0.05, 0) is 17.7 Å². The van der Waals surface area contributed by atoms with E-state index in [1.165, 1.54) is 0 Å². The zero-order valence-corrected chi connectivity index (χ0v) is 9.06. The highest BCUT2D eigenvalue weighted by molar-refractivity contribution is 5.85. The first-order valence-corrected chi connectivity index (χ1v) is 4.32. The topological polar surface area (TPSA) is 44.5 Å². The van der Waals surface area contributed by atoms with Crippen LogP contribution in [0.3, 0.4) is 0 Å². The summed E-state index contributed by atoms with van der Waals surface area (Å²) in [6.45, 7) is 4.29. The van der Waals surface area contributed by atoms with E-state index >= 15 is 0 Å². The third kappa shape index (κ3) is 1.94. The van der Waals surface area contributed by atoms with E-state index in [1.807, 2.05) is 32.0 Å². The van der Waals surface area contributed by atoms with Gasteiger partial charge in [0.05, 0.1) is 0 Å². The van der Waals surface area contributed by atoms with Crippen LogP contribution >= 0.6 is 12.4 Å². The third-order valence-electron chi connectivity index (χ3n) is 1.96. The number of nitrogens with two attached hydrogens (primary N) is 1. The monoisotopic (exact) mass is 215 g/mol. The summed E-state index contributed by atoms with van der Waals surface area (Å²) in [5.74, 6) is 1.03. The Morgan fingerprint density at radius 1 is 1.21 bits per heavy atom. The predicted molar refractivity (Wildman–Crippen MR) is 56.9 cm³/mol. The SMILES string of the molecule is CC1(C)Oc2ccc(CN)cc2O1.Cl. The maximum Gasteiger partial charge on any atom is 0.246 e. The number of halogens is 1. The fourth-order valence-electron chi connectivity index (χ4n) is 1.39. The van der Waals surface area contributed by atoms with Crippen LogP contribution in [0.4, 0.5) is 0 Å². The second-order valence-corrected chi connectivity index (χ2v) is 3.59. The number of fused-ring (bicyclic) bond motifs is 1. The molecule has 0 saturated carbocycles. The second-order valence-electron chi connectivity index (χ2n) is 3.59. The van der Waals surface area contributed by atoms with Gasteiger partial charge in [-0.1, -0.05) is 6.07 Å². The normalized spacial score (nSPS) is 16.2. The number of benzene rings is 1. The molecule has 2 N–H and O–H groups in total. The maximum atomic E-state index is 5.56. The quantitative estimate of drug-likeness (QED) is 0.780. The van der Waals surface area contributed by atoms with E-state index in [1.54, 1.807) is 0 Å². The molecule has 1 aliphatic rings. The molecule has 2 rings (SSSR count). The van der Waals surface area contributed by atoms with Crippen LogP contribution in [-0.2, 0) is 6.54 Å². The van der Waals surface area contributed by atoms with Crippen molar-refractivity contribution < 1.29 is 9.47 Å². The highest BCUT2D eigenvalue weighted by Gasteiger charge is 2.31. The number of rotatable bonds is 1. The summed E-state index contributed by atoms with van der Waals surface area (Å²) in [7, 11) is 0. The van der Waals surface area contributed by atoms with Gasteiger partial charge in [-0.3, -0.25) is 0 Å². The van der Waals surface area contributed by atoms with Gasteiger partial charge in [0.15, 0.2) is 11.5 Å². The first-order chi connectivity index (χ1) is 6.11. The summed E-state index contributed by atoms with van der Waals surface area (Å²) in [4.78, 5) is 0. The van der Waals surface area contributed by atoms with E-state index in [0.29, 0.717) is 6.54 Å². The summed E-state index contributed by atoms with van der Waals surface area (Å²) in [6, 6.07) is 5.76. The first-order valence-electron chi connectivity index (χ1n) is 4.32. The van der Waals surface area contributed by atoms with Gasteiger partial charge in [-0.25, -0.2) is 0 Å². The van der Waals surface area contributed by atoms with E-state index in [4.69, 9.17) is 15.2 Å². The van der Waals surface area contributed by atoms with Crippen molar-refractivity contribution in [2.45, 2.75) is 26.2 Å². The third-order valence-corrected chi connectivity index (χ3v) is 1.96. The molecule has 1 aromatic rings. The van der Waals surface area contributed by atoms with E-state index in [9.17, 15) is 0 Å². The Labute approximate surface area is 89.6 Å². The van der Waals surface area contributed by atoms with Crippen molar-refractivity contribution in [1.29, 1.82) is 0 Å². The largest absolute Gasteiger partial charge is 0.449 e. The molecule has 0 atom stereocenters. The fraction of sp³-hybridized carbons (Fsp3) is 0.400. The van der Waals surface area contributed by atoms with Gasteiger partial charge in [0.25, 0.3) is 0 Å². The molecule has 0 spiro atoms. The molecule has 0 aliphatic carbocycles. The smallest absolute Gasteiger partial charge is 0.246 e. The van der Waals surface area contributed by atoms with Gasteiger partial charge in [0, 0.05) is 20.4 Å². The van der Waals surface area contributed by atoms with Crippen molar-refractivity contribution in [2.24, 2.45) is 5.73 Å². The lowest BCUT2D eigenvalue weighted by atomic mass is 10.2. The Morgan fingerprint density at radius 2 is 1.86 bits per heavy atom. The molecular weight excluding hydrogens is 202 g/mol. The van der Waals surface area contributed by atoms with Gasteiger partial charge >= 0.3 is 0 Å². The summed E-state index contributed by atoms with van der Waals surface area (Å²) >= 11 is 0. The standard InChI is InChI=1S/C10H13NO2.ClH/c1-10(2)12-8-4-3-7(6-11)5-9(8)13-10;/h3-5H,6,11H2,1-2H3;1H. The van der Waals surface area contributed by atoms with Crippen molar-refractivity contribution in [2.75, 3.05) is 0 Å². The molecule has 0 fully saturated rings. The van der Waals surface area contributed by atoms with Crippen molar-refractivity contribution in [3.8, 4) is 11.5 Å². The minimum absolute atomic E-state index is 0. The van der Waals surface area contributed by atoms with E-state index in [-0.39, 0.29) is 12.4 Å². The highest BCUT2D eigenvalue weighted by atomic mass is 35.5. The number of hydrogen-bond acceptors (Lipinski definition) is 3. The lowest BCUT2D eigenvalue weighted by Crippen LogP contribution is -2.29. The Kier molecular flexibility index (Phi) is 2.92.